The molecular formula is C14H22ClNO. The predicted octanol–water partition coefficient (Wildman–Crippen LogP) is 3.27. The van der Waals surface area contributed by atoms with Crippen molar-refractivity contribution in [2.75, 3.05) is 6.54 Å². The zero-order valence-corrected chi connectivity index (χ0v) is 11.4. The fraction of sp³-hybridized carbons (Fsp3) is 0.571. The lowest BCUT2D eigenvalue weighted by Gasteiger charge is -2.25. The van der Waals surface area contributed by atoms with Gasteiger partial charge < -0.3 is 10.5 Å². The molecule has 1 aliphatic carbocycles. The fourth-order valence-electron chi connectivity index (χ4n) is 2.48. The average Bonchev–Trinajstić information content (AvgIpc) is 2.27. The zero-order chi connectivity index (χ0) is 11.5. The molecule has 0 heterocycles. The Kier molecular flexibility index (Phi) is 5.29. The lowest BCUT2D eigenvalue weighted by Crippen LogP contribution is -2.18. The van der Waals surface area contributed by atoms with E-state index in [0.717, 1.165) is 12.3 Å². The molecule has 0 aliphatic heterocycles. The number of benzene rings is 1. The molecule has 0 amide bonds. The van der Waals surface area contributed by atoms with Crippen LogP contribution in [0.1, 0.15) is 43.7 Å². The third kappa shape index (κ3) is 3.36. The number of nitrogens with two attached hydrogens (primary N) is 1. The lowest BCUT2D eigenvalue weighted by molar-refractivity contribution is 0.242. The second-order valence-corrected chi connectivity index (χ2v) is 4.85. The van der Waals surface area contributed by atoms with Gasteiger partial charge in [-0.05, 0) is 68.8 Å². The molecule has 0 aromatic heterocycles. The monoisotopic (exact) mass is 255 g/mol. The quantitative estimate of drug-likeness (QED) is 0.900. The molecule has 0 saturated carbocycles. The first-order valence-electron chi connectivity index (χ1n) is 6.20. The van der Waals surface area contributed by atoms with E-state index in [9.17, 15) is 0 Å². The van der Waals surface area contributed by atoms with E-state index in [4.69, 9.17) is 10.5 Å². The van der Waals surface area contributed by atoms with Crippen LogP contribution >= 0.6 is 12.4 Å². The van der Waals surface area contributed by atoms with Gasteiger partial charge in [0.05, 0.1) is 6.10 Å². The van der Waals surface area contributed by atoms with Gasteiger partial charge in [-0.2, -0.15) is 0 Å². The van der Waals surface area contributed by atoms with E-state index < -0.39 is 0 Å². The van der Waals surface area contributed by atoms with E-state index in [0.29, 0.717) is 5.92 Å². The smallest absolute Gasteiger partial charge is 0.119 e. The van der Waals surface area contributed by atoms with Gasteiger partial charge in [-0.1, -0.05) is 6.07 Å². The van der Waals surface area contributed by atoms with Crippen molar-refractivity contribution in [3.05, 3.63) is 29.3 Å². The van der Waals surface area contributed by atoms with Crippen LogP contribution in [0.15, 0.2) is 18.2 Å². The Hall–Kier alpha value is -0.730. The minimum Gasteiger partial charge on any atom is -0.491 e. The van der Waals surface area contributed by atoms with Crippen molar-refractivity contribution in [3.63, 3.8) is 0 Å². The third-order valence-corrected chi connectivity index (χ3v) is 3.21. The van der Waals surface area contributed by atoms with E-state index >= 15 is 0 Å². The molecular weight excluding hydrogens is 234 g/mol. The van der Waals surface area contributed by atoms with Gasteiger partial charge >= 0.3 is 0 Å². The van der Waals surface area contributed by atoms with Crippen molar-refractivity contribution in [2.24, 2.45) is 5.73 Å². The van der Waals surface area contributed by atoms with Crippen molar-refractivity contribution in [2.45, 2.75) is 45.1 Å². The summed E-state index contributed by atoms with van der Waals surface area (Å²) in [7, 11) is 0. The summed E-state index contributed by atoms with van der Waals surface area (Å²) in [6.07, 6.45) is 3.89. The Morgan fingerprint density at radius 1 is 1.41 bits per heavy atom. The number of halogens is 1. The van der Waals surface area contributed by atoms with E-state index in [1.807, 2.05) is 0 Å². The molecule has 96 valence electrons. The Balaban J connectivity index is 0.00000144. The van der Waals surface area contributed by atoms with Gasteiger partial charge in [0.15, 0.2) is 0 Å². The molecule has 1 aromatic carbocycles. The Bertz CT molecular complexity index is 365. The van der Waals surface area contributed by atoms with E-state index in [-0.39, 0.29) is 18.5 Å². The summed E-state index contributed by atoms with van der Waals surface area (Å²) in [5.41, 5.74) is 8.67. The molecule has 17 heavy (non-hydrogen) atoms. The lowest BCUT2D eigenvalue weighted by atomic mass is 9.83. The summed E-state index contributed by atoms with van der Waals surface area (Å²) in [5.74, 6) is 1.54. The molecule has 1 aromatic rings. The van der Waals surface area contributed by atoms with Crippen LogP contribution in [-0.4, -0.2) is 12.6 Å². The maximum Gasteiger partial charge on any atom is 0.119 e. The first kappa shape index (κ1) is 14.3. The average molecular weight is 256 g/mol. The molecule has 0 bridgehead atoms. The van der Waals surface area contributed by atoms with Crippen molar-refractivity contribution in [3.8, 4) is 5.75 Å². The zero-order valence-electron chi connectivity index (χ0n) is 10.6. The second kappa shape index (κ2) is 6.27. The van der Waals surface area contributed by atoms with Crippen molar-refractivity contribution in [1.82, 2.24) is 0 Å². The summed E-state index contributed by atoms with van der Waals surface area (Å²) in [4.78, 5) is 0. The molecule has 2 nitrogen and oxygen atoms in total. The highest BCUT2D eigenvalue weighted by Crippen LogP contribution is 2.33. The van der Waals surface area contributed by atoms with Crippen LogP contribution in [0.25, 0.3) is 0 Å². The fourth-order valence-corrected chi connectivity index (χ4v) is 2.48. The molecule has 1 atom stereocenters. The van der Waals surface area contributed by atoms with Crippen LogP contribution < -0.4 is 10.5 Å². The minimum absolute atomic E-state index is 0. The Morgan fingerprint density at radius 2 is 2.18 bits per heavy atom. The summed E-state index contributed by atoms with van der Waals surface area (Å²) >= 11 is 0. The standard InChI is InChI=1S/C14H21NO.ClH/c1-10(2)16-13-6-7-14-11(8-13)4-3-5-12(14)9-15;/h6-8,10,12H,3-5,9,15H2,1-2H3;1H. The van der Waals surface area contributed by atoms with Gasteiger partial charge in [0.1, 0.15) is 5.75 Å². The van der Waals surface area contributed by atoms with Gasteiger partial charge in [-0.15, -0.1) is 12.4 Å². The highest BCUT2D eigenvalue weighted by Gasteiger charge is 2.19. The third-order valence-electron chi connectivity index (χ3n) is 3.21. The second-order valence-electron chi connectivity index (χ2n) is 4.85. The minimum atomic E-state index is 0. The SMILES string of the molecule is CC(C)Oc1ccc2c(c1)CCCC2CN.Cl. The Morgan fingerprint density at radius 3 is 2.82 bits per heavy atom. The molecule has 3 heteroatoms. The van der Waals surface area contributed by atoms with Crippen LogP contribution in [0, 0.1) is 0 Å². The molecule has 0 spiro atoms. The molecule has 0 fully saturated rings. The van der Waals surface area contributed by atoms with Crippen molar-refractivity contribution < 1.29 is 4.74 Å². The number of aryl methyl sites for hydroxylation is 1. The first-order valence-corrected chi connectivity index (χ1v) is 6.20. The van der Waals surface area contributed by atoms with Gasteiger partial charge in [-0.3, -0.25) is 0 Å². The predicted molar refractivity (Wildman–Crippen MR) is 74.2 cm³/mol. The highest BCUT2D eigenvalue weighted by atomic mass is 35.5. The summed E-state index contributed by atoms with van der Waals surface area (Å²) < 4.78 is 5.72. The van der Waals surface area contributed by atoms with Crippen molar-refractivity contribution >= 4 is 12.4 Å². The number of ether oxygens (including phenoxy) is 1. The largest absolute Gasteiger partial charge is 0.491 e. The highest BCUT2D eigenvalue weighted by molar-refractivity contribution is 5.85. The molecule has 2 N–H and O–H groups in total. The van der Waals surface area contributed by atoms with Crippen LogP contribution in [0.3, 0.4) is 0 Å². The molecule has 0 radical (unpaired) electrons. The van der Waals surface area contributed by atoms with E-state index in [1.54, 1.807) is 0 Å². The van der Waals surface area contributed by atoms with Crippen LogP contribution in [-0.2, 0) is 6.42 Å². The Labute approximate surface area is 110 Å². The molecule has 1 aliphatic rings. The van der Waals surface area contributed by atoms with Gasteiger partial charge in [0.25, 0.3) is 0 Å². The maximum atomic E-state index is 5.81. The number of fused-ring (bicyclic) bond motifs is 1. The molecule has 1 unspecified atom stereocenters. The van der Waals surface area contributed by atoms with Crippen molar-refractivity contribution in [1.29, 1.82) is 0 Å². The normalized spacial score (nSPS) is 18.5. The summed E-state index contributed by atoms with van der Waals surface area (Å²) in [6.45, 7) is 4.88. The number of rotatable bonds is 3. The van der Waals surface area contributed by atoms with Crippen LogP contribution in [0.2, 0.25) is 0 Å². The van der Waals surface area contributed by atoms with Gasteiger partial charge in [0, 0.05) is 0 Å². The van der Waals surface area contributed by atoms with Gasteiger partial charge in [-0.25, -0.2) is 0 Å². The van der Waals surface area contributed by atoms with Crippen LogP contribution in [0.4, 0.5) is 0 Å². The number of hydrogen-bond acceptors (Lipinski definition) is 2. The topological polar surface area (TPSA) is 35.2 Å². The first-order chi connectivity index (χ1) is 7.70. The van der Waals surface area contributed by atoms with Crippen LogP contribution in [0.5, 0.6) is 5.75 Å². The summed E-state index contributed by atoms with van der Waals surface area (Å²) in [5, 5.41) is 0. The van der Waals surface area contributed by atoms with E-state index in [1.165, 1.54) is 30.4 Å². The molecule has 2 rings (SSSR count). The number of hydrogen-bond donors (Lipinski definition) is 1. The summed E-state index contributed by atoms with van der Waals surface area (Å²) in [6, 6.07) is 6.47. The van der Waals surface area contributed by atoms with Gasteiger partial charge in [0.2, 0.25) is 0 Å². The maximum absolute atomic E-state index is 5.81. The molecule has 0 saturated heterocycles. The van der Waals surface area contributed by atoms with E-state index in [2.05, 4.69) is 32.0 Å².